The Hall–Kier alpha value is -0.750. The highest BCUT2D eigenvalue weighted by atomic mass is 32.2. The van der Waals surface area contributed by atoms with Crippen molar-refractivity contribution in [2.45, 2.75) is 18.8 Å². The molecule has 1 fully saturated rings. The highest BCUT2D eigenvalue weighted by Crippen LogP contribution is 2.35. The summed E-state index contributed by atoms with van der Waals surface area (Å²) in [6.07, 6.45) is 0. The van der Waals surface area contributed by atoms with Gasteiger partial charge in [0, 0.05) is 5.75 Å². The number of thioether (sulfide) groups is 1. The van der Waals surface area contributed by atoms with Gasteiger partial charge in [-0.25, -0.2) is 9.59 Å². The molecule has 0 saturated carbocycles. The van der Waals surface area contributed by atoms with Crippen LogP contribution in [0.1, 0.15) is 13.8 Å². The van der Waals surface area contributed by atoms with E-state index in [-0.39, 0.29) is 13.2 Å². The Bertz CT molecular complexity index is 227. The normalized spacial score (nSPS) is 18.5. The number of rotatable bonds is 4. The van der Waals surface area contributed by atoms with Crippen molar-refractivity contribution in [1.82, 2.24) is 0 Å². The summed E-state index contributed by atoms with van der Waals surface area (Å²) < 4.78 is 14.8. The molecule has 0 bridgehead atoms. The van der Waals surface area contributed by atoms with Crippen LogP contribution in [0, 0.1) is 0 Å². The van der Waals surface area contributed by atoms with Crippen LogP contribution in [0.5, 0.6) is 0 Å². The first-order valence-electron chi connectivity index (χ1n) is 4.79. The van der Waals surface area contributed by atoms with Crippen molar-refractivity contribution in [3.63, 3.8) is 0 Å². The van der Waals surface area contributed by atoms with Gasteiger partial charge >= 0.3 is 16.9 Å². The molecule has 5 nitrogen and oxygen atoms in total. The SMILES string of the molecule is CCOC(=O)C1(C(=O)OCC)OCCS1. The Morgan fingerprint density at radius 1 is 1.27 bits per heavy atom. The molecule has 0 unspecified atom stereocenters. The molecule has 0 atom stereocenters. The van der Waals surface area contributed by atoms with Gasteiger partial charge < -0.3 is 14.2 Å². The Kier molecular flexibility index (Phi) is 4.41. The topological polar surface area (TPSA) is 61.8 Å². The average Bonchev–Trinajstić information content (AvgIpc) is 2.68. The molecule has 0 aliphatic carbocycles. The van der Waals surface area contributed by atoms with Gasteiger partial charge in [0.05, 0.1) is 19.8 Å². The van der Waals surface area contributed by atoms with Gasteiger partial charge in [-0.1, -0.05) is 0 Å². The van der Waals surface area contributed by atoms with E-state index in [4.69, 9.17) is 14.2 Å². The minimum atomic E-state index is -1.59. The summed E-state index contributed by atoms with van der Waals surface area (Å²) in [7, 11) is 0. The molecule has 86 valence electrons. The molecular weight excluding hydrogens is 220 g/mol. The summed E-state index contributed by atoms with van der Waals surface area (Å²) in [6.45, 7) is 4.13. The van der Waals surface area contributed by atoms with Gasteiger partial charge in [0.15, 0.2) is 0 Å². The van der Waals surface area contributed by atoms with E-state index in [9.17, 15) is 9.59 Å². The Labute approximate surface area is 92.4 Å². The van der Waals surface area contributed by atoms with Crippen molar-refractivity contribution in [3.8, 4) is 0 Å². The first kappa shape index (κ1) is 12.3. The Balaban J connectivity index is 2.78. The maximum atomic E-state index is 11.6. The third kappa shape index (κ3) is 2.43. The van der Waals surface area contributed by atoms with Gasteiger partial charge in [0.25, 0.3) is 0 Å². The lowest BCUT2D eigenvalue weighted by Crippen LogP contribution is -2.45. The molecule has 0 aromatic carbocycles. The molecule has 1 rings (SSSR count). The van der Waals surface area contributed by atoms with Gasteiger partial charge in [-0.3, -0.25) is 0 Å². The fraction of sp³-hybridized carbons (Fsp3) is 0.778. The molecule has 1 aliphatic heterocycles. The molecule has 6 heteroatoms. The summed E-state index contributed by atoms with van der Waals surface area (Å²) >= 11 is 1.11. The average molecular weight is 234 g/mol. The predicted octanol–water partition coefficient (Wildman–Crippen LogP) is 0.572. The van der Waals surface area contributed by atoms with E-state index in [1.54, 1.807) is 13.8 Å². The third-order valence-electron chi connectivity index (χ3n) is 1.78. The third-order valence-corrected chi connectivity index (χ3v) is 3.01. The second-order valence-corrected chi connectivity index (χ2v) is 4.03. The standard InChI is InChI=1S/C9H14O5S/c1-3-12-7(10)9(8(11)13-4-2)14-5-6-15-9/h3-6H2,1-2H3. The van der Waals surface area contributed by atoms with E-state index in [1.807, 2.05) is 0 Å². The molecule has 1 aliphatic rings. The van der Waals surface area contributed by atoms with E-state index in [0.717, 1.165) is 11.8 Å². The number of hydrogen-bond donors (Lipinski definition) is 0. The van der Waals surface area contributed by atoms with Crippen molar-refractivity contribution in [2.24, 2.45) is 0 Å². The molecule has 0 amide bonds. The van der Waals surface area contributed by atoms with Crippen LogP contribution in [0.2, 0.25) is 0 Å². The van der Waals surface area contributed by atoms with E-state index in [2.05, 4.69) is 0 Å². The quantitative estimate of drug-likeness (QED) is 0.523. The number of carbonyl (C=O) groups is 2. The molecule has 0 aromatic heterocycles. The second-order valence-electron chi connectivity index (χ2n) is 2.75. The van der Waals surface area contributed by atoms with Crippen LogP contribution in [0.15, 0.2) is 0 Å². The van der Waals surface area contributed by atoms with Crippen molar-refractivity contribution in [2.75, 3.05) is 25.6 Å². The van der Waals surface area contributed by atoms with Crippen LogP contribution in [0.4, 0.5) is 0 Å². The van der Waals surface area contributed by atoms with Gasteiger partial charge in [-0.15, -0.1) is 11.8 Å². The molecule has 0 radical (unpaired) electrons. The zero-order valence-corrected chi connectivity index (χ0v) is 9.59. The molecule has 1 saturated heterocycles. The first-order valence-corrected chi connectivity index (χ1v) is 5.78. The Morgan fingerprint density at radius 3 is 2.13 bits per heavy atom. The van der Waals surface area contributed by atoms with Gasteiger partial charge in [-0.2, -0.15) is 0 Å². The summed E-state index contributed by atoms with van der Waals surface area (Å²) in [5.41, 5.74) is 0. The number of carbonyl (C=O) groups excluding carboxylic acids is 2. The van der Waals surface area contributed by atoms with Crippen molar-refractivity contribution >= 4 is 23.7 Å². The largest absolute Gasteiger partial charge is 0.463 e. The zero-order valence-electron chi connectivity index (χ0n) is 8.78. The lowest BCUT2D eigenvalue weighted by atomic mass is 10.3. The minimum absolute atomic E-state index is 0.212. The van der Waals surface area contributed by atoms with Crippen molar-refractivity contribution in [1.29, 1.82) is 0 Å². The maximum Gasteiger partial charge on any atom is 0.361 e. The van der Waals surface area contributed by atoms with Crippen LogP contribution < -0.4 is 0 Å². The lowest BCUT2D eigenvalue weighted by Gasteiger charge is -2.22. The Morgan fingerprint density at radius 2 is 1.80 bits per heavy atom. The van der Waals surface area contributed by atoms with Gasteiger partial charge in [-0.05, 0) is 13.8 Å². The summed E-state index contributed by atoms with van der Waals surface area (Å²) in [4.78, 5) is 21.6. The van der Waals surface area contributed by atoms with Crippen LogP contribution in [-0.4, -0.2) is 42.4 Å². The molecule has 0 spiro atoms. The zero-order chi connectivity index (χ0) is 11.3. The minimum Gasteiger partial charge on any atom is -0.463 e. The summed E-state index contributed by atoms with van der Waals surface area (Å²) in [6, 6.07) is 0. The monoisotopic (exact) mass is 234 g/mol. The van der Waals surface area contributed by atoms with Crippen LogP contribution >= 0.6 is 11.8 Å². The summed E-state index contributed by atoms with van der Waals surface area (Å²) in [5, 5.41) is 0. The van der Waals surface area contributed by atoms with Crippen LogP contribution in [0.3, 0.4) is 0 Å². The van der Waals surface area contributed by atoms with Gasteiger partial charge in [0.2, 0.25) is 0 Å². The van der Waals surface area contributed by atoms with E-state index in [0.29, 0.717) is 12.4 Å². The number of ether oxygens (including phenoxy) is 3. The highest BCUT2D eigenvalue weighted by molar-refractivity contribution is 8.02. The molecular formula is C9H14O5S. The van der Waals surface area contributed by atoms with Crippen molar-refractivity contribution < 1.29 is 23.8 Å². The highest BCUT2D eigenvalue weighted by Gasteiger charge is 2.54. The fourth-order valence-corrected chi connectivity index (χ4v) is 2.16. The van der Waals surface area contributed by atoms with E-state index in [1.165, 1.54) is 0 Å². The summed E-state index contributed by atoms with van der Waals surface area (Å²) in [5.74, 6) is -0.769. The number of hydrogen-bond acceptors (Lipinski definition) is 6. The van der Waals surface area contributed by atoms with E-state index < -0.39 is 16.9 Å². The molecule has 0 aromatic rings. The van der Waals surface area contributed by atoms with Crippen LogP contribution in [0.25, 0.3) is 0 Å². The molecule has 15 heavy (non-hydrogen) atoms. The maximum absolute atomic E-state index is 11.6. The van der Waals surface area contributed by atoms with Gasteiger partial charge in [0.1, 0.15) is 0 Å². The second kappa shape index (κ2) is 5.37. The first-order chi connectivity index (χ1) is 7.17. The molecule has 1 heterocycles. The predicted molar refractivity (Wildman–Crippen MR) is 54.4 cm³/mol. The molecule has 0 N–H and O–H groups in total. The lowest BCUT2D eigenvalue weighted by molar-refractivity contribution is -0.175. The number of esters is 2. The van der Waals surface area contributed by atoms with Crippen molar-refractivity contribution in [3.05, 3.63) is 0 Å². The smallest absolute Gasteiger partial charge is 0.361 e. The fourth-order valence-electron chi connectivity index (χ4n) is 1.18. The van der Waals surface area contributed by atoms with E-state index >= 15 is 0 Å². The van der Waals surface area contributed by atoms with Crippen LogP contribution in [-0.2, 0) is 23.8 Å².